The first kappa shape index (κ1) is 16.2. The number of hydrogen-bond donors (Lipinski definition) is 1. The van der Waals surface area contributed by atoms with E-state index in [2.05, 4.69) is 18.5 Å². The van der Waals surface area contributed by atoms with Gasteiger partial charge in [0.2, 0.25) is 0 Å². The van der Waals surface area contributed by atoms with Crippen LogP contribution in [-0.4, -0.2) is 32.8 Å². The predicted octanol–water partition coefficient (Wildman–Crippen LogP) is 3.50. The standard InChI is InChI=1S/C15H25NO2S/c1-12(16-9-5-6-10-19-4)14-11-13(17-2)7-8-15(14)18-3/h7-8,11-12,16H,5-6,9-10H2,1-4H3. The normalized spacial score (nSPS) is 12.2. The Kier molecular flexibility index (Phi) is 7.75. The number of hydrogen-bond acceptors (Lipinski definition) is 4. The molecule has 0 saturated carbocycles. The molecule has 0 heterocycles. The van der Waals surface area contributed by atoms with E-state index in [1.165, 1.54) is 18.6 Å². The second kappa shape index (κ2) is 9.10. The van der Waals surface area contributed by atoms with E-state index in [-0.39, 0.29) is 6.04 Å². The number of rotatable bonds is 9. The minimum absolute atomic E-state index is 0.263. The van der Waals surface area contributed by atoms with Crippen molar-refractivity contribution in [3.8, 4) is 11.5 Å². The fraction of sp³-hybridized carbons (Fsp3) is 0.600. The van der Waals surface area contributed by atoms with Crippen LogP contribution < -0.4 is 14.8 Å². The van der Waals surface area contributed by atoms with Gasteiger partial charge in [-0.15, -0.1) is 0 Å². The quantitative estimate of drug-likeness (QED) is 0.703. The molecule has 1 aromatic rings. The molecule has 0 aliphatic heterocycles. The number of methoxy groups -OCH3 is 2. The zero-order chi connectivity index (χ0) is 14.1. The van der Waals surface area contributed by atoms with Crippen LogP contribution in [0.25, 0.3) is 0 Å². The topological polar surface area (TPSA) is 30.5 Å². The second-order valence-electron chi connectivity index (χ2n) is 4.48. The maximum absolute atomic E-state index is 5.41. The molecule has 1 atom stereocenters. The molecule has 1 aromatic carbocycles. The minimum Gasteiger partial charge on any atom is -0.497 e. The first-order chi connectivity index (χ1) is 9.22. The number of unbranched alkanes of at least 4 members (excludes halogenated alkanes) is 1. The average Bonchev–Trinajstić information content (AvgIpc) is 2.46. The van der Waals surface area contributed by atoms with E-state index in [1.54, 1.807) is 14.2 Å². The van der Waals surface area contributed by atoms with E-state index in [9.17, 15) is 0 Å². The van der Waals surface area contributed by atoms with E-state index in [1.807, 2.05) is 30.0 Å². The Bertz CT molecular complexity index is 371. The summed E-state index contributed by atoms with van der Waals surface area (Å²) in [6.07, 6.45) is 4.62. The highest BCUT2D eigenvalue weighted by atomic mass is 32.2. The second-order valence-corrected chi connectivity index (χ2v) is 5.47. The third-order valence-electron chi connectivity index (χ3n) is 3.13. The number of benzene rings is 1. The fourth-order valence-electron chi connectivity index (χ4n) is 1.98. The molecule has 0 amide bonds. The zero-order valence-corrected chi connectivity index (χ0v) is 13.2. The van der Waals surface area contributed by atoms with Gasteiger partial charge in [0.05, 0.1) is 14.2 Å². The smallest absolute Gasteiger partial charge is 0.123 e. The van der Waals surface area contributed by atoms with Crippen LogP contribution in [0, 0.1) is 0 Å². The summed E-state index contributed by atoms with van der Waals surface area (Å²) >= 11 is 1.90. The largest absolute Gasteiger partial charge is 0.497 e. The van der Waals surface area contributed by atoms with Crippen molar-refractivity contribution in [3.05, 3.63) is 23.8 Å². The SMILES string of the molecule is COc1ccc(OC)c(C(C)NCCCCSC)c1. The van der Waals surface area contributed by atoms with Gasteiger partial charge in [0, 0.05) is 11.6 Å². The van der Waals surface area contributed by atoms with Crippen molar-refractivity contribution in [1.29, 1.82) is 0 Å². The molecule has 0 fully saturated rings. The first-order valence-electron chi connectivity index (χ1n) is 6.67. The van der Waals surface area contributed by atoms with Crippen LogP contribution in [0.1, 0.15) is 31.4 Å². The van der Waals surface area contributed by atoms with Crippen LogP contribution in [0.2, 0.25) is 0 Å². The van der Waals surface area contributed by atoms with Crippen molar-refractivity contribution < 1.29 is 9.47 Å². The molecule has 19 heavy (non-hydrogen) atoms. The lowest BCUT2D eigenvalue weighted by atomic mass is 10.1. The van der Waals surface area contributed by atoms with E-state index >= 15 is 0 Å². The summed E-state index contributed by atoms with van der Waals surface area (Å²) < 4.78 is 10.7. The molecule has 0 aliphatic rings. The molecule has 1 N–H and O–H groups in total. The maximum Gasteiger partial charge on any atom is 0.123 e. The molecular formula is C15H25NO2S. The molecule has 1 unspecified atom stereocenters. The van der Waals surface area contributed by atoms with Gasteiger partial charge in [-0.25, -0.2) is 0 Å². The van der Waals surface area contributed by atoms with E-state index < -0.39 is 0 Å². The van der Waals surface area contributed by atoms with Gasteiger partial charge in [0.1, 0.15) is 11.5 Å². The molecule has 0 saturated heterocycles. The van der Waals surface area contributed by atoms with Gasteiger partial charge in [-0.1, -0.05) is 0 Å². The van der Waals surface area contributed by atoms with E-state index in [4.69, 9.17) is 9.47 Å². The van der Waals surface area contributed by atoms with Crippen molar-refractivity contribution in [2.24, 2.45) is 0 Å². The summed E-state index contributed by atoms with van der Waals surface area (Å²) in [5.74, 6) is 3.01. The molecule has 0 spiro atoms. The molecular weight excluding hydrogens is 258 g/mol. The third kappa shape index (κ3) is 5.33. The molecule has 4 heteroatoms. The molecule has 3 nitrogen and oxygen atoms in total. The summed E-state index contributed by atoms with van der Waals surface area (Å²) in [5.41, 5.74) is 1.15. The molecule has 108 valence electrons. The zero-order valence-electron chi connectivity index (χ0n) is 12.4. The Morgan fingerprint density at radius 3 is 2.63 bits per heavy atom. The van der Waals surface area contributed by atoms with Gasteiger partial charge in [-0.2, -0.15) is 11.8 Å². The van der Waals surface area contributed by atoms with E-state index in [0.717, 1.165) is 23.6 Å². The summed E-state index contributed by atoms with van der Waals surface area (Å²) in [5, 5.41) is 3.54. The van der Waals surface area contributed by atoms with Crippen LogP contribution >= 0.6 is 11.8 Å². The summed E-state index contributed by atoms with van der Waals surface area (Å²) in [6.45, 7) is 3.19. The number of thioether (sulfide) groups is 1. The highest BCUT2D eigenvalue weighted by Crippen LogP contribution is 2.29. The van der Waals surface area contributed by atoms with Gasteiger partial charge in [-0.3, -0.25) is 0 Å². The Morgan fingerprint density at radius 1 is 1.21 bits per heavy atom. The highest BCUT2D eigenvalue weighted by molar-refractivity contribution is 7.98. The lowest BCUT2D eigenvalue weighted by molar-refractivity contribution is 0.391. The van der Waals surface area contributed by atoms with Crippen molar-refractivity contribution in [3.63, 3.8) is 0 Å². The van der Waals surface area contributed by atoms with Crippen LogP contribution in [0.5, 0.6) is 11.5 Å². The Labute approximate surface area is 121 Å². The van der Waals surface area contributed by atoms with Crippen LogP contribution in [0.15, 0.2) is 18.2 Å². The first-order valence-corrected chi connectivity index (χ1v) is 8.06. The number of nitrogens with one attached hydrogen (secondary N) is 1. The average molecular weight is 283 g/mol. The monoisotopic (exact) mass is 283 g/mol. The van der Waals surface area contributed by atoms with E-state index in [0.29, 0.717) is 0 Å². The van der Waals surface area contributed by atoms with Gasteiger partial charge < -0.3 is 14.8 Å². The Morgan fingerprint density at radius 2 is 2.00 bits per heavy atom. The lowest BCUT2D eigenvalue weighted by Crippen LogP contribution is -2.20. The molecule has 0 bridgehead atoms. The Balaban J connectivity index is 2.56. The molecule has 0 aromatic heterocycles. The van der Waals surface area contributed by atoms with Gasteiger partial charge >= 0.3 is 0 Å². The van der Waals surface area contributed by atoms with Gasteiger partial charge in [0.25, 0.3) is 0 Å². The van der Waals surface area contributed by atoms with Gasteiger partial charge in [0.15, 0.2) is 0 Å². The highest BCUT2D eigenvalue weighted by Gasteiger charge is 2.11. The lowest BCUT2D eigenvalue weighted by Gasteiger charge is -2.18. The third-order valence-corrected chi connectivity index (χ3v) is 3.83. The van der Waals surface area contributed by atoms with Crippen LogP contribution in [0.3, 0.4) is 0 Å². The van der Waals surface area contributed by atoms with Crippen molar-refractivity contribution in [2.75, 3.05) is 32.8 Å². The minimum atomic E-state index is 0.263. The number of ether oxygens (including phenoxy) is 2. The molecule has 0 radical (unpaired) electrons. The Hall–Kier alpha value is -0.870. The molecule has 1 rings (SSSR count). The van der Waals surface area contributed by atoms with Crippen molar-refractivity contribution in [1.82, 2.24) is 5.32 Å². The van der Waals surface area contributed by atoms with Gasteiger partial charge in [-0.05, 0) is 56.5 Å². The summed E-state index contributed by atoms with van der Waals surface area (Å²) in [4.78, 5) is 0. The molecule has 0 aliphatic carbocycles. The van der Waals surface area contributed by atoms with Crippen LogP contribution in [0.4, 0.5) is 0 Å². The predicted molar refractivity (Wildman–Crippen MR) is 83.6 cm³/mol. The maximum atomic E-state index is 5.41. The summed E-state index contributed by atoms with van der Waals surface area (Å²) in [7, 11) is 3.39. The van der Waals surface area contributed by atoms with Crippen molar-refractivity contribution in [2.45, 2.75) is 25.8 Å². The summed E-state index contributed by atoms with van der Waals surface area (Å²) in [6, 6.07) is 6.19. The van der Waals surface area contributed by atoms with Crippen molar-refractivity contribution >= 4 is 11.8 Å². The fourth-order valence-corrected chi connectivity index (χ4v) is 2.47. The van der Waals surface area contributed by atoms with Crippen LogP contribution in [-0.2, 0) is 0 Å².